The molecule has 2 amide bonds. The number of carbonyl (C=O) groups is 3. The molecule has 0 aliphatic carbocycles. The second kappa shape index (κ2) is 7.40. The summed E-state index contributed by atoms with van der Waals surface area (Å²) in [7, 11) is 0. The Balaban J connectivity index is 1.89. The summed E-state index contributed by atoms with van der Waals surface area (Å²) >= 11 is 3.26. The van der Waals surface area contributed by atoms with Gasteiger partial charge in [-0.25, -0.2) is 4.79 Å². The first-order valence-corrected chi connectivity index (χ1v) is 7.77. The molecule has 1 fully saturated rings. The third-order valence-corrected chi connectivity index (χ3v) is 4.29. The lowest BCUT2D eigenvalue weighted by molar-refractivity contribution is -0.137. The highest BCUT2D eigenvalue weighted by Crippen LogP contribution is 2.18. The van der Waals surface area contributed by atoms with Crippen LogP contribution in [-0.2, 0) is 14.3 Å². The van der Waals surface area contributed by atoms with Gasteiger partial charge in [0.25, 0.3) is 5.91 Å². The summed E-state index contributed by atoms with van der Waals surface area (Å²) in [6.07, 6.45) is 1.41. The van der Waals surface area contributed by atoms with Crippen LogP contribution in [-0.4, -0.2) is 42.4 Å². The number of hydrogen-bond acceptors (Lipinski definition) is 4. The summed E-state index contributed by atoms with van der Waals surface area (Å²) in [4.78, 5) is 36.7. The van der Waals surface area contributed by atoms with Crippen LogP contribution < -0.4 is 5.73 Å². The Labute approximate surface area is 136 Å². The van der Waals surface area contributed by atoms with Crippen molar-refractivity contribution in [2.45, 2.75) is 12.8 Å². The molecule has 2 rings (SSSR count). The third-order valence-electron chi connectivity index (χ3n) is 3.60. The molecule has 0 spiro atoms. The van der Waals surface area contributed by atoms with E-state index in [0.717, 1.165) is 6.42 Å². The number of rotatable bonds is 4. The van der Waals surface area contributed by atoms with Gasteiger partial charge < -0.3 is 15.4 Å². The lowest BCUT2D eigenvalue weighted by Crippen LogP contribution is -2.45. The van der Waals surface area contributed by atoms with E-state index < -0.39 is 11.9 Å². The number of likely N-dealkylation sites (tertiary alicyclic amines) is 1. The van der Waals surface area contributed by atoms with Gasteiger partial charge in [0.1, 0.15) is 0 Å². The SMILES string of the molecule is NC(=O)[C@@H]1CCCN(C(=O)COC(=O)c2ccccc2Br)C1. The van der Waals surface area contributed by atoms with E-state index in [2.05, 4.69) is 15.9 Å². The Morgan fingerprint density at radius 1 is 1.32 bits per heavy atom. The fourth-order valence-corrected chi connectivity index (χ4v) is 2.81. The molecule has 1 atom stereocenters. The van der Waals surface area contributed by atoms with Crippen LogP contribution in [0.25, 0.3) is 0 Å². The fraction of sp³-hybridized carbons (Fsp3) is 0.400. The minimum Gasteiger partial charge on any atom is -0.452 e. The second-order valence-electron chi connectivity index (χ2n) is 5.14. The van der Waals surface area contributed by atoms with Gasteiger partial charge in [-0.15, -0.1) is 0 Å². The fourth-order valence-electron chi connectivity index (χ4n) is 2.36. The summed E-state index contributed by atoms with van der Waals surface area (Å²) < 4.78 is 5.65. The average molecular weight is 369 g/mol. The lowest BCUT2D eigenvalue weighted by Gasteiger charge is -2.31. The Bertz CT molecular complexity index is 591. The summed E-state index contributed by atoms with van der Waals surface area (Å²) in [6, 6.07) is 6.83. The maximum Gasteiger partial charge on any atom is 0.339 e. The van der Waals surface area contributed by atoms with Crippen LogP contribution in [0, 0.1) is 5.92 Å². The molecule has 0 saturated carbocycles. The number of piperidine rings is 1. The number of ether oxygens (including phenoxy) is 1. The van der Waals surface area contributed by atoms with Crippen molar-refractivity contribution in [3.8, 4) is 0 Å². The van der Waals surface area contributed by atoms with Gasteiger partial charge in [-0.1, -0.05) is 12.1 Å². The molecule has 0 bridgehead atoms. The zero-order valence-corrected chi connectivity index (χ0v) is 13.5. The minimum atomic E-state index is -0.565. The molecular formula is C15H17BrN2O4. The van der Waals surface area contributed by atoms with E-state index in [0.29, 0.717) is 29.5 Å². The van der Waals surface area contributed by atoms with E-state index in [9.17, 15) is 14.4 Å². The van der Waals surface area contributed by atoms with Crippen LogP contribution in [0.15, 0.2) is 28.7 Å². The molecule has 1 aliphatic heterocycles. The standard InChI is InChI=1S/C15H17BrN2O4/c16-12-6-2-1-5-11(12)15(21)22-9-13(19)18-7-3-4-10(8-18)14(17)20/h1-2,5-6,10H,3-4,7-9H2,(H2,17,20)/t10-/m1/s1. The molecule has 6 nitrogen and oxygen atoms in total. The van der Waals surface area contributed by atoms with Gasteiger partial charge in [0.15, 0.2) is 6.61 Å². The van der Waals surface area contributed by atoms with Gasteiger partial charge in [0, 0.05) is 17.6 Å². The highest BCUT2D eigenvalue weighted by Gasteiger charge is 2.27. The van der Waals surface area contributed by atoms with E-state index in [4.69, 9.17) is 10.5 Å². The zero-order valence-electron chi connectivity index (χ0n) is 12.0. The molecule has 1 aromatic rings. The summed E-state index contributed by atoms with van der Waals surface area (Å²) in [5.41, 5.74) is 5.64. The second-order valence-corrected chi connectivity index (χ2v) is 5.99. The molecule has 0 aromatic heterocycles. The van der Waals surface area contributed by atoms with Crippen molar-refractivity contribution in [2.24, 2.45) is 11.7 Å². The molecule has 1 heterocycles. The zero-order chi connectivity index (χ0) is 16.1. The quantitative estimate of drug-likeness (QED) is 0.811. The number of benzene rings is 1. The van der Waals surface area contributed by atoms with E-state index in [-0.39, 0.29) is 18.4 Å². The predicted octanol–water partition coefficient (Wildman–Crippen LogP) is 1.33. The molecule has 1 saturated heterocycles. The predicted molar refractivity (Wildman–Crippen MR) is 82.9 cm³/mol. The topological polar surface area (TPSA) is 89.7 Å². The van der Waals surface area contributed by atoms with E-state index in [1.807, 2.05) is 0 Å². The summed E-state index contributed by atoms with van der Waals surface area (Å²) in [5, 5.41) is 0. The molecule has 22 heavy (non-hydrogen) atoms. The molecule has 2 N–H and O–H groups in total. The Kier molecular flexibility index (Phi) is 5.54. The number of nitrogens with two attached hydrogens (primary N) is 1. The van der Waals surface area contributed by atoms with Crippen LogP contribution in [0.5, 0.6) is 0 Å². The maximum atomic E-state index is 12.1. The van der Waals surface area contributed by atoms with Gasteiger partial charge in [0.05, 0.1) is 11.5 Å². The Hall–Kier alpha value is -1.89. The number of amides is 2. The first-order chi connectivity index (χ1) is 10.5. The average Bonchev–Trinajstić information content (AvgIpc) is 2.52. The van der Waals surface area contributed by atoms with Crippen LogP contribution >= 0.6 is 15.9 Å². The van der Waals surface area contributed by atoms with Gasteiger partial charge in [-0.05, 0) is 40.9 Å². The highest BCUT2D eigenvalue weighted by molar-refractivity contribution is 9.10. The van der Waals surface area contributed by atoms with Crippen LogP contribution in [0.4, 0.5) is 0 Å². The van der Waals surface area contributed by atoms with E-state index in [1.54, 1.807) is 24.3 Å². The molecule has 0 radical (unpaired) electrons. The van der Waals surface area contributed by atoms with Crippen LogP contribution in [0.2, 0.25) is 0 Å². The number of carbonyl (C=O) groups excluding carboxylic acids is 3. The number of nitrogens with zero attached hydrogens (tertiary/aromatic N) is 1. The molecule has 118 valence electrons. The van der Waals surface area contributed by atoms with Gasteiger partial charge >= 0.3 is 5.97 Å². The molecule has 1 aliphatic rings. The summed E-state index contributed by atoms with van der Waals surface area (Å²) in [6.45, 7) is 0.502. The van der Waals surface area contributed by atoms with Crippen molar-refractivity contribution in [1.82, 2.24) is 4.90 Å². The first kappa shape index (κ1) is 16.5. The van der Waals surface area contributed by atoms with Crippen LogP contribution in [0.1, 0.15) is 23.2 Å². The third kappa shape index (κ3) is 4.07. The Morgan fingerprint density at radius 2 is 2.05 bits per heavy atom. The molecule has 7 heteroatoms. The monoisotopic (exact) mass is 368 g/mol. The highest BCUT2D eigenvalue weighted by atomic mass is 79.9. The molecular weight excluding hydrogens is 352 g/mol. The van der Waals surface area contributed by atoms with Gasteiger partial charge in [-0.3, -0.25) is 9.59 Å². The number of esters is 1. The first-order valence-electron chi connectivity index (χ1n) is 6.97. The van der Waals surface area contributed by atoms with E-state index >= 15 is 0 Å². The number of halogens is 1. The number of primary amides is 1. The normalized spacial score (nSPS) is 17.9. The van der Waals surface area contributed by atoms with Crippen molar-refractivity contribution in [2.75, 3.05) is 19.7 Å². The van der Waals surface area contributed by atoms with Crippen molar-refractivity contribution >= 4 is 33.7 Å². The van der Waals surface area contributed by atoms with Crippen molar-refractivity contribution in [1.29, 1.82) is 0 Å². The smallest absolute Gasteiger partial charge is 0.339 e. The Morgan fingerprint density at radius 3 is 2.73 bits per heavy atom. The largest absolute Gasteiger partial charge is 0.452 e. The minimum absolute atomic E-state index is 0.292. The summed E-state index contributed by atoms with van der Waals surface area (Å²) in [5.74, 6) is -1.60. The molecule has 1 aromatic carbocycles. The van der Waals surface area contributed by atoms with Gasteiger partial charge in [0.2, 0.25) is 5.91 Å². The van der Waals surface area contributed by atoms with Crippen LogP contribution in [0.3, 0.4) is 0 Å². The van der Waals surface area contributed by atoms with E-state index in [1.165, 1.54) is 4.90 Å². The van der Waals surface area contributed by atoms with Crippen molar-refractivity contribution in [3.05, 3.63) is 34.3 Å². The molecule has 0 unspecified atom stereocenters. The van der Waals surface area contributed by atoms with Gasteiger partial charge in [-0.2, -0.15) is 0 Å². The lowest BCUT2D eigenvalue weighted by atomic mass is 9.97. The maximum absolute atomic E-state index is 12.1. The number of hydrogen-bond donors (Lipinski definition) is 1. The van der Waals surface area contributed by atoms with Crippen molar-refractivity contribution in [3.63, 3.8) is 0 Å². The van der Waals surface area contributed by atoms with Crippen molar-refractivity contribution < 1.29 is 19.1 Å².